The molecule has 0 aliphatic carbocycles. The highest BCUT2D eigenvalue weighted by atomic mass is 16.1. The Hall–Kier alpha value is -2.21. The number of hydrogen-bond acceptors (Lipinski definition) is 4. The first-order valence-electron chi connectivity index (χ1n) is 9.14. The molecule has 1 aliphatic rings. The second-order valence-electron chi connectivity index (χ2n) is 6.73. The monoisotopic (exact) mass is 341 g/mol. The van der Waals surface area contributed by atoms with E-state index in [0.717, 1.165) is 38.9 Å². The van der Waals surface area contributed by atoms with Gasteiger partial charge in [0, 0.05) is 50.3 Å². The summed E-state index contributed by atoms with van der Waals surface area (Å²) in [5.74, 6) is -0.0111. The van der Waals surface area contributed by atoms with Crippen LogP contribution in [0.25, 0.3) is 0 Å². The molecule has 1 amide bonds. The summed E-state index contributed by atoms with van der Waals surface area (Å²) in [6.07, 6.45) is 10.1. The van der Waals surface area contributed by atoms with Crippen LogP contribution in [0.3, 0.4) is 0 Å². The van der Waals surface area contributed by atoms with Crippen molar-refractivity contribution in [2.75, 3.05) is 13.1 Å². The number of aryl methyl sites for hydroxylation is 1. The van der Waals surface area contributed by atoms with Crippen LogP contribution in [-0.4, -0.2) is 44.7 Å². The van der Waals surface area contributed by atoms with Crippen LogP contribution in [0.4, 0.5) is 0 Å². The van der Waals surface area contributed by atoms with Crippen LogP contribution in [0.5, 0.6) is 0 Å². The van der Waals surface area contributed by atoms with Gasteiger partial charge in [-0.25, -0.2) is 0 Å². The molecule has 0 unspecified atom stereocenters. The molecule has 0 bridgehead atoms. The highest BCUT2D eigenvalue weighted by Gasteiger charge is 2.25. The zero-order chi connectivity index (χ0) is 17.6. The lowest BCUT2D eigenvalue weighted by molar-refractivity contribution is 0.0896. The number of hydrogen-bond donors (Lipinski definition) is 1. The van der Waals surface area contributed by atoms with Gasteiger partial charge in [0.1, 0.15) is 0 Å². The molecule has 2 aromatic heterocycles. The Morgan fingerprint density at radius 2 is 2.04 bits per heavy atom. The van der Waals surface area contributed by atoms with Crippen LogP contribution in [0.1, 0.15) is 55.1 Å². The van der Waals surface area contributed by atoms with Crippen LogP contribution in [0.15, 0.2) is 36.9 Å². The molecule has 1 atom stereocenters. The van der Waals surface area contributed by atoms with Gasteiger partial charge in [-0.2, -0.15) is 5.10 Å². The summed E-state index contributed by atoms with van der Waals surface area (Å²) in [6.45, 7) is 7.16. The molecule has 0 spiro atoms. The SMILES string of the molecule is CCCn1cc(C(=O)NC2CCN([C@H](C)c3ccncc3)CC2)cn1. The molecule has 2 aromatic rings. The molecule has 1 aliphatic heterocycles. The fraction of sp³-hybridized carbons (Fsp3) is 0.526. The number of pyridine rings is 1. The lowest BCUT2D eigenvalue weighted by atomic mass is 10.0. The van der Waals surface area contributed by atoms with Crippen LogP contribution >= 0.6 is 0 Å². The molecule has 1 saturated heterocycles. The first-order chi connectivity index (χ1) is 12.2. The van der Waals surface area contributed by atoms with Crippen molar-refractivity contribution in [2.24, 2.45) is 0 Å². The summed E-state index contributed by atoms with van der Waals surface area (Å²) in [7, 11) is 0. The summed E-state index contributed by atoms with van der Waals surface area (Å²) in [5.41, 5.74) is 1.95. The van der Waals surface area contributed by atoms with E-state index < -0.39 is 0 Å². The predicted molar refractivity (Wildman–Crippen MR) is 97.2 cm³/mol. The summed E-state index contributed by atoms with van der Waals surface area (Å²) >= 11 is 0. The second kappa shape index (κ2) is 8.25. The molecule has 6 nitrogen and oxygen atoms in total. The van der Waals surface area contributed by atoms with Gasteiger partial charge in [-0.15, -0.1) is 0 Å². The minimum absolute atomic E-state index is 0.0111. The van der Waals surface area contributed by atoms with Gasteiger partial charge < -0.3 is 5.32 Å². The fourth-order valence-corrected chi connectivity index (χ4v) is 3.38. The zero-order valence-electron chi connectivity index (χ0n) is 15.1. The first-order valence-corrected chi connectivity index (χ1v) is 9.14. The number of amides is 1. The first kappa shape index (κ1) is 17.6. The largest absolute Gasteiger partial charge is 0.349 e. The van der Waals surface area contributed by atoms with Gasteiger partial charge in [-0.05, 0) is 43.9 Å². The number of carbonyl (C=O) groups is 1. The molecule has 3 heterocycles. The molecule has 0 saturated carbocycles. The Morgan fingerprint density at radius 1 is 1.32 bits per heavy atom. The van der Waals surface area contributed by atoms with E-state index in [1.807, 2.05) is 23.3 Å². The minimum Gasteiger partial charge on any atom is -0.349 e. The Kier molecular flexibility index (Phi) is 5.81. The molecule has 1 N–H and O–H groups in total. The average molecular weight is 341 g/mol. The maximum atomic E-state index is 12.4. The molecular formula is C19H27N5O. The molecule has 134 valence electrons. The third-order valence-electron chi connectivity index (χ3n) is 4.95. The summed E-state index contributed by atoms with van der Waals surface area (Å²) in [5, 5.41) is 7.39. The normalized spacial score (nSPS) is 17.4. The van der Waals surface area contributed by atoms with Crippen molar-refractivity contribution >= 4 is 5.91 Å². The average Bonchev–Trinajstić information content (AvgIpc) is 3.12. The molecule has 0 radical (unpaired) electrons. The Balaban J connectivity index is 1.49. The number of carbonyl (C=O) groups excluding carboxylic acids is 1. The highest BCUT2D eigenvalue weighted by Crippen LogP contribution is 2.23. The summed E-state index contributed by atoms with van der Waals surface area (Å²) in [4.78, 5) is 18.9. The Bertz CT molecular complexity index is 676. The third kappa shape index (κ3) is 4.45. The number of nitrogens with zero attached hydrogens (tertiary/aromatic N) is 4. The van der Waals surface area contributed by atoms with Gasteiger partial charge in [0.05, 0.1) is 11.8 Å². The second-order valence-corrected chi connectivity index (χ2v) is 6.73. The van der Waals surface area contributed by atoms with Crippen molar-refractivity contribution in [3.8, 4) is 0 Å². The molecule has 0 aromatic carbocycles. The van der Waals surface area contributed by atoms with E-state index in [2.05, 4.69) is 46.3 Å². The minimum atomic E-state index is -0.0111. The lowest BCUT2D eigenvalue weighted by Gasteiger charge is -2.36. The van der Waals surface area contributed by atoms with E-state index in [0.29, 0.717) is 11.6 Å². The van der Waals surface area contributed by atoms with E-state index in [-0.39, 0.29) is 11.9 Å². The van der Waals surface area contributed by atoms with Gasteiger partial charge in [-0.1, -0.05) is 6.92 Å². The number of likely N-dealkylation sites (tertiary alicyclic amines) is 1. The summed E-state index contributed by atoms with van der Waals surface area (Å²) in [6, 6.07) is 4.77. The van der Waals surface area contributed by atoms with Crippen molar-refractivity contribution < 1.29 is 4.79 Å². The highest BCUT2D eigenvalue weighted by molar-refractivity contribution is 5.93. The van der Waals surface area contributed by atoms with Crippen LogP contribution in [-0.2, 0) is 6.54 Å². The fourth-order valence-electron chi connectivity index (χ4n) is 3.38. The van der Waals surface area contributed by atoms with E-state index in [4.69, 9.17) is 0 Å². The maximum absolute atomic E-state index is 12.4. The Labute approximate surface area is 149 Å². The van der Waals surface area contributed by atoms with Crippen molar-refractivity contribution in [3.63, 3.8) is 0 Å². The van der Waals surface area contributed by atoms with Crippen molar-refractivity contribution in [2.45, 2.75) is 51.7 Å². The van der Waals surface area contributed by atoms with Crippen molar-refractivity contribution in [1.29, 1.82) is 0 Å². The maximum Gasteiger partial charge on any atom is 0.254 e. The molecule has 6 heteroatoms. The molecular weight excluding hydrogens is 314 g/mol. The smallest absolute Gasteiger partial charge is 0.254 e. The van der Waals surface area contributed by atoms with E-state index in [1.54, 1.807) is 6.20 Å². The van der Waals surface area contributed by atoms with E-state index in [9.17, 15) is 4.79 Å². The van der Waals surface area contributed by atoms with E-state index >= 15 is 0 Å². The molecule has 1 fully saturated rings. The van der Waals surface area contributed by atoms with Gasteiger partial charge >= 0.3 is 0 Å². The third-order valence-corrected chi connectivity index (χ3v) is 4.95. The number of nitrogens with one attached hydrogen (secondary N) is 1. The Morgan fingerprint density at radius 3 is 2.72 bits per heavy atom. The van der Waals surface area contributed by atoms with Crippen molar-refractivity contribution in [1.82, 2.24) is 25.0 Å². The van der Waals surface area contributed by atoms with E-state index in [1.165, 1.54) is 5.56 Å². The van der Waals surface area contributed by atoms with Gasteiger partial charge in [0.2, 0.25) is 0 Å². The van der Waals surface area contributed by atoms with Crippen LogP contribution in [0.2, 0.25) is 0 Å². The topological polar surface area (TPSA) is 63.1 Å². The quantitative estimate of drug-likeness (QED) is 0.877. The number of rotatable bonds is 6. The van der Waals surface area contributed by atoms with Crippen LogP contribution in [0, 0.1) is 0 Å². The standard InChI is InChI=1S/C19H27N5O/c1-3-10-24-14-17(13-21-24)19(25)22-18-6-11-23(12-7-18)15(2)16-4-8-20-9-5-16/h4-5,8-9,13-15,18H,3,6-7,10-12H2,1-2H3,(H,22,25)/t15-/m1/s1. The zero-order valence-corrected chi connectivity index (χ0v) is 15.1. The number of piperidine rings is 1. The van der Waals surface area contributed by atoms with Crippen LogP contribution < -0.4 is 5.32 Å². The van der Waals surface area contributed by atoms with Gasteiger partial charge in [0.15, 0.2) is 0 Å². The molecule has 3 rings (SSSR count). The molecule has 25 heavy (non-hydrogen) atoms. The lowest BCUT2D eigenvalue weighted by Crippen LogP contribution is -2.45. The number of aromatic nitrogens is 3. The van der Waals surface area contributed by atoms with Gasteiger partial charge in [-0.3, -0.25) is 19.4 Å². The predicted octanol–water partition coefficient (Wildman–Crippen LogP) is 2.64. The van der Waals surface area contributed by atoms with Crippen molar-refractivity contribution in [3.05, 3.63) is 48.0 Å². The summed E-state index contributed by atoms with van der Waals surface area (Å²) < 4.78 is 1.83. The van der Waals surface area contributed by atoms with Gasteiger partial charge in [0.25, 0.3) is 5.91 Å².